The molecule has 4 nitrogen and oxygen atoms in total. The standard InChI is InChI=1S/C15H23N3O/c1-11-5-3-7-14(9-11)18-15(19)17-12(2)13-6-4-8-16-10-13/h3,5,7,9,12-13,16H,4,6,8,10H2,1-2H3,(H2,17,18,19). The molecule has 2 amide bonds. The van der Waals surface area contributed by atoms with E-state index >= 15 is 0 Å². The van der Waals surface area contributed by atoms with Gasteiger partial charge in [-0.25, -0.2) is 4.79 Å². The highest BCUT2D eigenvalue weighted by Gasteiger charge is 2.21. The molecule has 0 radical (unpaired) electrons. The summed E-state index contributed by atoms with van der Waals surface area (Å²) in [5, 5.41) is 9.28. The number of benzene rings is 1. The molecule has 2 unspecified atom stereocenters. The van der Waals surface area contributed by atoms with Gasteiger partial charge in [-0.3, -0.25) is 0 Å². The lowest BCUT2D eigenvalue weighted by molar-refractivity contribution is 0.238. The summed E-state index contributed by atoms with van der Waals surface area (Å²) < 4.78 is 0. The predicted molar refractivity (Wildman–Crippen MR) is 78.4 cm³/mol. The molecule has 0 spiro atoms. The Morgan fingerprint density at radius 3 is 3.00 bits per heavy atom. The van der Waals surface area contributed by atoms with Gasteiger partial charge in [0.15, 0.2) is 0 Å². The van der Waals surface area contributed by atoms with E-state index in [4.69, 9.17) is 0 Å². The van der Waals surface area contributed by atoms with Crippen LogP contribution in [0.15, 0.2) is 24.3 Å². The summed E-state index contributed by atoms with van der Waals surface area (Å²) in [5.74, 6) is 0.525. The number of aryl methyl sites for hydroxylation is 1. The van der Waals surface area contributed by atoms with Crippen LogP contribution in [-0.4, -0.2) is 25.2 Å². The Kier molecular flexibility index (Phi) is 4.80. The SMILES string of the molecule is Cc1cccc(NC(=O)NC(C)C2CCCNC2)c1. The molecule has 19 heavy (non-hydrogen) atoms. The number of carbonyl (C=O) groups is 1. The Morgan fingerprint density at radius 2 is 2.32 bits per heavy atom. The molecule has 1 aromatic carbocycles. The first-order valence-electron chi connectivity index (χ1n) is 7.00. The van der Waals surface area contributed by atoms with Crippen molar-refractivity contribution in [2.45, 2.75) is 32.7 Å². The fraction of sp³-hybridized carbons (Fsp3) is 0.533. The second-order valence-corrected chi connectivity index (χ2v) is 5.36. The Balaban J connectivity index is 1.83. The van der Waals surface area contributed by atoms with Gasteiger partial charge in [0.25, 0.3) is 0 Å². The van der Waals surface area contributed by atoms with Crippen LogP contribution in [0.3, 0.4) is 0 Å². The fourth-order valence-corrected chi connectivity index (χ4v) is 2.52. The third-order valence-electron chi connectivity index (χ3n) is 3.68. The summed E-state index contributed by atoms with van der Waals surface area (Å²) in [6.07, 6.45) is 2.37. The number of piperidine rings is 1. The number of urea groups is 1. The molecular formula is C15H23N3O. The number of nitrogens with one attached hydrogen (secondary N) is 3. The van der Waals surface area contributed by atoms with Crippen molar-refractivity contribution in [1.82, 2.24) is 10.6 Å². The van der Waals surface area contributed by atoms with E-state index in [2.05, 4.69) is 22.9 Å². The molecule has 1 aliphatic heterocycles. The van der Waals surface area contributed by atoms with Crippen molar-refractivity contribution >= 4 is 11.7 Å². The summed E-state index contributed by atoms with van der Waals surface area (Å²) in [6, 6.07) is 7.89. The smallest absolute Gasteiger partial charge is 0.319 e. The second kappa shape index (κ2) is 6.57. The van der Waals surface area contributed by atoms with Crippen LogP contribution in [0.25, 0.3) is 0 Å². The Labute approximate surface area is 115 Å². The highest BCUT2D eigenvalue weighted by Crippen LogP contribution is 2.14. The summed E-state index contributed by atoms with van der Waals surface area (Å²) in [4.78, 5) is 11.9. The van der Waals surface area contributed by atoms with Gasteiger partial charge in [-0.05, 0) is 63.4 Å². The van der Waals surface area contributed by atoms with E-state index in [-0.39, 0.29) is 12.1 Å². The molecule has 1 aromatic rings. The Bertz CT molecular complexity index is 427. The first kappa shape index (κ1) is 13.9. The van der Waals surface area contributed by atoms with Crippen LogP contribution in [0.5, 0.6) is 0 Å². The number of hydrogen-bond donors (Lipinski definition) is 3. The van der Waals surface area contributed by atoms with Crippen molar-refractivity contribution in [3.05, 3.63) is 29.8 Å². The molecular weight excluding hydrogens is 238 g/mol. The minimum Gasteiger partial charge on any atom is -0.335 e. The maximum absolute atomic E-state index is 11.9. The topological polar surface area (TPSA) is 53.2 Å². The predicted octanol–water partition coefficient (Wildman–Crippen LogP) is 2.50. The molecule has 2 rings (SSSR count). The molecule has 2 atom stereocenters. The van der Waals surface area contributed by atoms with Crippen molar-refractivity contribution in [2.75, 3.05) is 18.4 Å². The van der Waals surface area contributed by atoms with Gasteiger partial charge in [-0.2, -0.15) is 0 Å². The zero-order chi connectivity index (χ0) is 13.7. The maximum atomic E-state index is 11.9. The molecule has 3 N–H and O–H groups in total. The monoisotopic (exact) mass is 261 g/mol. The molecule has 1 fully saturated rings. The molecule has 104 valence electrons. The third kappa shape index (κ3) is 4.24. The Hall–Kier alpha value is -1.55. The average molecular weight is 261 g/mol. The minimum absolute atomic E-state index is 0.122. The van der Waals surface area contributed by atoms with Gasteiger partial charge in [0, 0.05) is 11.7 Å². The van der Waals surface area contributed by atoms with Crippen LogP contribution < -0.4 is 16.0 Å². The number of carbonyl (C=O) groups excluding carboxylic acids is 1. The van der Waals surface area contributed by atoms with E-state index in [0.717, 1.165) is 24.3 Å². The van der Waals surface area contributed by atoms with Gasteiger partial charge in [-0.15, -0.1) is 0 Å². The fourth-order valence-electron chi connectivity index (χ4n) is 2.52. The zero-order valence-electron chi connectivity index (χ0n) is 11.7. The molecule has 0 bridgehead atoms. The highest BCUT2D eigenvalue weighted by molar-refractivity contribution is 5.89. The van der Waals surface area contributed by atoms with Crippen LogP contribution >= 0.6 is 0 Å². The van der Waals surface area contributed by atoms with Gasteiger partial charge >= 0.3 is 6.03 Å². The summed E-state index contributed by atoms with van der Waals surface area (Å²) in [5.41, 5.74) is 1.98. The summed E-state index contributed by atoms with van der Waals surface area (Å²) >= 11 is 0. The Morgan fingerprint density at radius 1 is 1.47 bits per heavy atom. The average Bonchev–Trinajstić information content (AvgIpc) is 2.39. The van der Waals surface area contributed by atoms with E-state index in [1.54, 1.807) is 0 Å². The number of amides is 2. The molecule has 1 saturated heterocycles. The van der Waals surface area contributed by atoms with Crippen LogP contribution in [0, 0.1) is 12.8 Å². The second-order valence-electron chi connectivity index (χ2n) is 5.36. The molecule has 1 heterocycles. The lowest BCUT2D eigenvalue weighted by Gasteiger charge is -2.28. The van der Waals surface area contributed by atoms with Crippen molar-refractivity contribution in [2.24, 2.45) is 5.92 Å². The van der Waals surface area contributed by atoms with E-state index < -0.39 is 0 Å². The van der Waals surface area contributed by atoms with Crippen LogP contribution in [0.4, 0.5) is 10.5 Å². The number of hydrogen-bond acceptors (Lipinski definition) is 2. The van der Waals surface area contributed by atoms with Crippen LogP contribution in [-0.2, 0) is 0 Å². The summed E-state index contributed by atoms with van der Waals surface area (Å²) in [6.45, 7) is 6.18. The minimum atomic E-state index is -0.122. The van der Waals surface area contributed by atoms with Crippen molar-refractivity contribution < 1.29 is 4.79 Å². The third-order valence-corrected chi connectivity index (χ3v) is 3.68. The van der Waals surface area contributed by atoms with Crippen LogP contribution in [0.1, 0.15) is 25.3 Å². The van der Waals surface area contributed by atoms with Gasteiger partial charge in [0.2, 0.25) is 0 Å². The first-order valence-corrected chi connectivity index (χ1v) is 7.00. The van der Waals surface area contributed by atoms with Gasteiger partial charge < -0.3 is 16.0 Å². The van der Waals surface area contributed by atoms with E-state index in [1.165, 1.54) is 12.8 Å². The van der Waals surface area contributed by atoms with E-state index in [0.29, 0.717) is 5.92 Å². The molecule has 0 aliphatic carbocycles. The summed E-state index contributed by atoms with van der Waals surface area (Å²) in [7, 11) is 0. The van der Waals surface area contributed by atoms with Gasteiger partial charge in [-0.1, -0.05) is 12.1 Å². The van der Waals surface area contributed by atoms with Gasteiger partial charge in [0.05, 0.1) is 0 Å². The lowest BCUT2D eigenvalue weighted by atomic mass is 9.93. The van der Waals surface area contributed by atoms with Crippen molar-refractivity contribution in [3.8, 4) is 0 Å². The number of rotatable bonds is 3. The lowest BCUT2D eigenvalue weighted by Crippen LogP contribution is -2.45. The quantitative estimate of drug-likeness (QED) is 0.783. The van der Waals surface area contributed by atoms with Crippen LogP contribution in [0.2, 0.25) is 0 Å². The molecule has 4 heteroatoms. The highest BCUT2D eigenvalue weighted by atomic mass is 16.2. The van der Waals surface area contributed by atoms with Crippen molar-refractivity contribution in [3.63, 3.8) is 0 Å². The zero-order valence-corrected chi connectivity index (χ0v) is 11.7. The molecule has 0 saturated carbocycles. The van der Waals surface area contributed by atoms with Crippen molar-refractivity contribution in [1.29, 1.82) is 0 Å². The first-order chi connectivity index (χ1) is 9.15. The largest absolute Gasteiger partial charge is 0.335 e. The molecule has 0 aromatic heterocycles. The van der Waals surface area contributed by atoms with Gasteiger partial charge in [0.1, 0.15) is 0 Å². The molecule has 1 aliphatic rings. The normalized spacial score (nSPS) is 20.6. The number of anilines is 1. The van der Waals surface area contributed by atoms with E-state index in [9.17, 15) is 4.79 Å². The van der Waals surface area contributed by atoms with E-state index in [1.807, 2.05) is 31.2 Å². The maximum Gasteiger partial charge on any atom is 0.319 e.